The van der Waals surface area contributed by atoms with Gasteiger partial charge >= 0.3 is 5.97 Å². The third-order valence-corrected chi connectivity index (χ3v) is 4.26. The van der Waals surface area contributed by atoms with Gasteiger partial charge in [-0.3, -0.25) is 4.79 Å². The van der Waals surface area contributed by atoms with Gasteiger partial charge in [0.25, 0.3) is 0 Å². The second-order valence-corrected chi connectivity index (χ2v) is 5.74. The molecule has 2 aliphatic rings. The first-order valence-electron chi connectivity index (χ1n) is 7.59. The van der Waals surface area contributed by atoms with Gasteiger partial charge in [-0.15, -0.1) is 0 Å². The number of benzene rings is 1. The maximum Gasteiger partial charge on any atom is 0.335 e. The summed E-state index contributed by atoms with van der Waals surface area (Å²) < 4.78 is 0. The molecule has 0 aliphatic carbocycles. The third-order valence-electron chi connectivity index (χ3n) is 4.26. The van der Waals surface area contributed by atoms with Crippen LogP contribution in [0.1, 0.15) is 42.5 Å². The van der Waals surface area contributed by atoms with Gasteiger partial charge in [0.1, 0.15) is 0 Å². The maximum absolute atomic E-state index is 11.9. The van der Waals surface area contributed by atoms with Crippen LogP contribution in [0, 0.1) is 0 Å². The standard InChI is InChI=1S/C16H20N2O3/c19-15-5-4-8-18(15)14-10-12(16(20)21)9-13(11-14)17-6-2-1-3-7-17/h9-11H,1-8H2,(H,20,21). The van der Waals surface area contributed by atoms with E-state index >= 15 is 0 Å². The van der Waals surface area contributed by atoms with Gasteiger partial charge in [-0.05, 0) is 43.9 Å². The normalized spacial score (nSPS) is 19.1. The Bertz CT molecular complexity index is 565. The monoisotopic (exact) mass is 288 g/mol. The van der Waals surface area contributed by atoms with E-state index in [1.807, 2.05) is 6.07 Å². The Morgan fingerprint density at radius 2 is 1.67 bits per heavy atom. The molecule has 2 saturated heterocycles. The predicted molar refractivity (Wildman–Crippen MR) is 81.1 cm³/mol. The van der Waals surface area contributed by atoms with Crippen LogP contribution in [0.3, 0.4) is 0 Å². The van der Waals surface area contributed by atoms with Crippen molar-refractivity contribution in [2.45, 2.75) is 32.1 Å². The van der Waals surface area contributed by atoms with E-state index in [0.29, 0.717) is 13.0 Å². The molecule has 5 nitrogen and oxygen atoms in total. The molecular weight excluding hydrogens is 268 g/mol. The Hall–Kier alpha value is -2.04. The van der Waals surface area contributed by atoms with Crippen molar-refractivity contribution in [1.82, 2.24) is 0 Å². The van der Waals surface area contributed by atoms with Gasteiger partial charge in [-0.2, -0.15) is 0 Å². The van der Waals surface area contributed by atoms with Crippen LogP contribution in [-0.4, -0.2) is 36.6 Å². The van der Waals surface area contributed by atoms with E-state index < -0.39 is 5.97 Å². The Balaban J connectivity index is 1.97. The Kier molecular flexibility index (Phi) is 3.82. The summed E-state index contributed by atoms with van der Waals surface area (Å²) in [4.78, 5) is 27.2. The minimum absolute atomic E-state index is 0.0853. The molecule has 0 saturated carbocycles. The van der Waals surface area contributed by atoms with E-state index in [4.69, 9.17) is 0 Å². The molecule has 5 heteroatoms. The molecule has 1 aromatic rings. The van der Waals surface area contributed by atoms with Crippen LogP contribution in [0.2, 0.25) is 0 Å². The summed E-state index contributed by atoms with van der Waals surface area (Å²) in [5.41, 5.74) is 1.90. The molecule has 3 rings (SSSR count). The van der Waals surface area contributed by atoms with Crippen LogP contribution < -0.4 is 9.80 Å². The van der Waals surface area contributed by atoms with E-state index in [1.54, 1.807) is 17.0 Å². The molecule has 0 atom stereocenters. The van der Waals surface area contributed by atoms with Gasteiger partial charge in [0.15, 0.2) is 0 Å². The van der Waals surface area contributed by atoms with Gasteiger partial charge in [0.2, 0.25) is 5.91 Å². The SMILES string of the molecule is O=C(O)c1cc(N2CCCCC2)cc(N2CCCC2=O)c1. The average Bonchev–Trinajstić information content (AvgIpc) is 2.94. The summed E-state index contributed by atoms with van der Waals surface area (Å²) in [6.45, 7) is 2.59. The fourth-order valence-corrected chi connectivity index (χ4v) is 3.13. The van der Waals surface area contributed by atoms with E-state index in [2.05, 4.69) is 4.90 Å². The number of hydrogen-bond donors (Lipinski definition) is 1. The smallest absolute Gasteiger partial charge is 0.335 e. The largest absolute Gasteiger partial charge is 0.478 e. The Morgan fingerprint density at radius 1 is 0.952 bits per heavy atom. The van der Waals surface area contributed by atoms with Crippen molar-refractivity contribution in [3.05, 3.63) is 23.8 Å². The lowest BCUT2D eigenvalue weighted by Crippen LogP contribution is -2.30. The van der Waals surface area contributed by atoms with Gasteiger partial charge in [0.05, 0.1) is 5.56 Å². The molecule has 0 aromatic heterocycles. The first kappa shape index (κ1) is 13.9. The maximum atomic E-state index is 11.9. The van der Waals surface area contributed by atoms with Crippen molar-refractivity contribution in [2.24, 2.45) is 0 Å². The number of carboxylic acid groups (broad SMARTS) is 1. The number of aromatic carboxylic acids is 1. The molecule has 21 heavy (non-hydrogen) atoms. The van der Waals surface area contributed by atoms with Crippen LogP contribution in [0.5, 0.6) is 0 Å². The van der Waals surface area contributed by atoms with Crippen molar-refractivity contribution in [1.29, 1.82) is 0 Å². The number of hydrogen-bond acceptors (Lipinski definition) is 3. The van der Waals surface area contributed by atoms with Gasteiger partial charge in [0, 0.05) is 37.4 Å². The molecule has 2 heterocycles. The first-order chi connectivity index (χ1) is 10.1. The zero-order valence-corrected chi connectivity index (χ0v) is 12.0. The van der Waals surface area contributed by atoms with Crippen molar-refractivity contribution < 1.29 is 14.7 Å². The van der Waals surface area contributed by atoms with Crippen molar-refractivity contribution in [2.75, 3.05) is 29.4 Å². The van der Waals surface area contributed by atoms with Gasteiger partial charge in [-0.1, -0.05) is 0 Å². The lowest BCUT2D eigenvalue weighted by Gasteiger charge is -2.30. The number of nitrogens with zero attached hydrogens (tertiary/aromatic N) is 2. The molecule has 0 radical (unpaired) electrons. The van der Waals surface area contributed by atoms with Crippen molar-refractivity contribution >= 4 is 23.3 Å². The molecule has 0 unspecified atom stereocenters. The quantitative estimate of drug-likeness (QED) is 0.928. The molecular formula is C16H20N2O3. The second-order valence-electron chi connectivity index (χ2n) is 5.74. The molecule has 1 amide bonds. The van der Waals surface area contributed by atoms with Crippen LogP contribution in [0.4, 0.5) is 11.4 Å². The summed E-state index contributed by atoms with van der Waals surface area (Å²) in [5, 5.41) is 9.32. The summed E-state index contributed by atoms with van der Waals surface area (Å²) in [6, 6.07) is 5.29. The number of carbonyl (C=O) groups is 2. The van der Waals surface area contributed by atoms with E-state index in [1.165, 1.54) is 6.42 Å². The Labute approximate surface area is 124 Å². The summed E-state index contributed by atoms with van der Waals surface area (Å²) in [5.74, 6) is -0.858. The molecule has 1 aromatic carbocycles. The number of carboxylic acids is 1. The Morgan fingerprint density at radius 3 is 2.29 bits per heavy atom. The summed E-state index contributed by atoms with van der Waals surface area (Å²) in [7, 11) is 0. The fourth-order valence-electron chi connectivity index (χ4n) is 3.13. The lowest BCUT2D eigenvalue weighted by atomic mass is 10.1. The minimum atomic E-state index is -0.943. The molecule has 0 bridgehead atoms. The second kappa shape index (κ2) is 5.76. The highest BCUT2D eigenvalue weighted by Crippen LogP contribution is 2.29. The van der Waals surface area contributed by atoms with Crippen LogP contribution in [-0.2, 0) is 4.79 Å². The van der Waals surface area contributed by atoms with Crippen molar-refractivity contribution in [3.8, 4) is 0 Å². The van der Waals surface area contributed by atoms with E-state index in [-0.39, 0.29) is 11.5 Å². The van der Waals surface area contributed by atoms with Crippen molar-refractivity contribution in [3.63, 3.8) is 0 Å². The van der Waals surface area contributed by atoms with Gasteiger partial charge in [-0.25, -0.2) is 4.79 Å². The number of piperidine rings is 1. The minimum Gasteiger partial charge on any atom is -0.478 e. The predicted octanol–water partition coefficient (Wildman–Crippen LogP) is 2.50. The molecule has 112 valence electrons. The number of carbonyl (C=O) groups excluding carboxylic acids is 1. The topological polar surface area (TPSA) is 60.9 Å². The van der Waals surface area contributed by atoms with E-state index in [0.717, 1.165) is 43.7 Å². The zero-order chi connectivity index (χ0) is 14.8. The fraction of sp³-hybridized carbons (Fsp3) is 0.500. The molecule has 2 aliphatic heterocycles. The molecule has 0 spiro atoms. The van der Waals surface area contributed by atoms with Gasteiger partial charge < -0.3 is 14.9 Å². The van der Waals surface area contributed by atoms with Crippen LogP contribution in [0.15, 0.2) is 18.2 Å². The first-order valence-corrected chi connectivity index (χ1v) is 7.59. The van der Waals surface area contributed by atoms with E-state index in [9.17, 15) is 14.7 Å². The highest BCUT2D eigenvalue weighted by atomic mass is 16.4. The van der Waals surface area contributed by atoms with Crippen LogP contribution >= 0.6 is 0 Å². The third kappa shape index (κ3) is 2.86. The highest BCUT2D eigenvalue weighted by Gasteiger charge is 2.24. The van der Waals surface area contributed by atoms with Crippen LogP contribution in [0.25, 0.3) is 0 Å². The number of amides is 1. The number of anilines is 2. The lowest BCUT2D eigenvalue weighted by molar-refractivity contribution is -0.117. The number of rotatable bonds is 3. The average molecular weight is 288 g/mol. The molecule has 2 fully saturated rings. The summed E-state index contributed by atoms with van der Waals surface area (Å²) >= 11 is 0. The molecule has 1 N–H and O–H groups in total. The highest BCUT2D eigenvalue weighted by molar-refractivity contribution is 5.98. The zero-order valence-electron chi connectivity index (χ0n) is 12.0. The summed E-state index contributed by atoms with van der Waals surface area (Å²) in [6.07, 6.45) is 4.89.